The molecule has 9 heteroatoms. The quantitative estimate of drug-likeness (QED) is 0.587. The molecule has 0 spiro atoms. The average molecular weight is 507 g/mol. The minimum absolute atomic E-state index is 0.0474. The Kier molecular flexibility index (Phi) is 6.18. The van der Waals surface area contributed by atoms with Crippen molar-refractivity contribution in [3.63, 3.8) is 0 Å². The van der Waals surface area contributed by atoms with E-state index >= 15 is 0 Å². The van der Waals surface area contributed by atoms with E-state index in [0.717, 1.165) is 22.3 Å². The number of hydrogen-bond donors (Lipinski definition) is 1. The van der Waals surface area contributed by atoms with Crippen molar-refractivity contribution < 1.29 is 24.2 Å². The zero-order valence-corrected chi connectivity index (χ0v) is 19.9. The molecule has 2 unspecified atom stereocenters. The second-order valence-corrected chi connectivity index (χ2v) is 9.74. The van der Waals surface area contributed by atoms with Crippen LogP contribution in [0.4, 0.5) is 0 Å². The Morgan fingerprint density at radius 3 is 2.81 bits per heavy atom. The second kappa shape index (κ2) is 8.72. The Hall–Kier alpha value is -2.23. The largest absolute Gasteiger partial charge is 0.503 e. The lowest BCUT2D eigenvalue weighted by atomic mass is 9.94. The molecule has 3 heterocycles. The number of aliphatic hydroxyl groups is 1. The molecule has 0 bridgehead atoms. The van der Waals surface area contributed by atoms with Gasteiger partial charge in [0.15, 0.2) is 5.76 Å². The van der Waals surface area contributed by atoms with E-state index in [1.807, 2.05) is 19.1 Å². The molecule has 2 atom stereocenters. The van der Waals surface area contributed by atoms with Crippen LogP contribution in [0.5, 0.6) is 5.75 Å². The first kappa shape index (κ1) is 22.0. The van der Waals surface area contributed by atoms with Crippen LogP contribution >= 0.6 is 27.3 Å². The number of aryl methyl sites for hydroxylation is 2. The summed E-state index contributed by atoms with van der Waals surface area (Å²) in [5.41, 5.74) is 1.25. The molecule has 1 aromatic heterocycles. The molecular formula is C22H23BrN2O5S. The number of aromatic nitrogens is 1. The van der Waals surface area contributed by atoms with Crippen molar-refractivity contribution in [2.75, 3.05) is 20.3 Å². The van der Waals surface area contributed by atoms with Gasteiger partial charge in [-0.15, -0.1) is 11.3 Å². The van der Waals surface area contributed by atoms with Crippen LogP contribution in [-0.2, 0) is 9.53 Å². The monoisotopic (exact) mass is 506 g/mol. The topological polar surface area (TPSA) is 89.0 Å². The minimum atomic E-state index is -0.793. The number of halogens is 1. The van der Waals surface area contributed by atoms with Crippen LogP contribution < -0.4 is 4.74 Å². The first-order valence-corrected chi connectivity index (χ1v) is 11.6. The van der Waals surface area contributed by atoms with Crippen LogP contribution in [0.1, 0.15) is 44.8 Å². The van der Waals surface area contributed by atoms with Gasteiger partial charge in [-0.1, -0.05) is 15.9 Å². The smallest absolute Gasteiger partial charge is 0.290 e. The van der Waals surface area contributed by atoms with Crippen LogP contribution in [0.3, 0.4) is 0 Å². The average Bonchev–Trinajstić information content (AvgIpc) is 3.43. The van der Waals surface area contributed by atoms with Gasteiger partial charge in [0.05, 0.1) is 40.4 Å². The first-order valence-electron chi connectivity index (χ1n) is 9.99. The molecule has 164 valence electrons. The van der Waals surface area contributed by atoms with Gasteiger partial charge in [0.25, 0.3) is 5.91 Å². The van der Waals surface area contributed by atoms with E-state index in [2.05, 4.69) is 20.9 Å². The van der Waals surface area contributed by atoms with Gasteiger partial charge in [0.2, 0.25) is 5.78 Å². The molecule has 7 nitrogen and oxygen atoms in total. The SMILES string of the molecule is COc1ccc(Br)cc1C1C(C(=O)c2sc(C)nc2C)=C(O)C(=O)N1CC1CCCO1. The van der Waals surface area contributed by atoms with E-state index in [1.54, 1.807) is 13.0 Å². The Labute approximate surface area is 192 Å². The summed E-state index contributed by atoms with van der Waals surface area (Å²) in [4.78, 5) is 33.0. The van der Waals surface area contributed by atoms with E-state index in [1.165, 1.54) is 23.3 Å². The van der Waals surface area contributed by atoms with Crippen LogP contribution in [0.15, 0.2) is 34.0 Å². The van der Waals surface area contributed by atoms with Crippen molar-refractivity contribution in [2.24, 2.45) is 0 Å². The fourth-order valence-electron chi connectivity index (χ4n) is 4.19. The van der Waals surface area contributed by atoms with Crippen molar-refractivity contribution in [1.29, 1.82) is 0 Å². The molecule has 4 rings (SSSR count). The number of thiazole rings is 1. The van der Waals surface area contributed by atoms with Gasteiger partial charge >= 0.3 is 0 Å². The highest BCUT2D eigenvalue weighted by atomic mass is 79.9. The van der Waals surface area contributed by atoms with Gasteiger partial charge in [-0.05, 0) is 44.9 Å². The number of ketones is 1. The Morgan fingerprint density at radius 1 is 1.42 bits per heavy atom. The van der Waals surface area contributed by atoms with Crippen LogP contribution in [0.2, 0.25) is 0 Å². The number of ether oxygens (including phenoxy) is 2. The fourth-order valence-corrected chi connectivity index (χ4v) is 5.44. The van der Waals surface area contributed by atoms with Gasteiger partial charge in [0, 0.05) is 23.2 Å². The van der Waals surface area contributed by atoms with E-state index in [4.69, 9.17) is 9.47 Å². The molecule has 0 saturated carbocycles. The van der Waals surface area contributed by atoms with Gasteiger partial charge < -0.3 is 19.5 Å². The molecule has 1 amide bonds. The molecule has 1 N–H and O–H groups in total. The van der Waals surface area contributed by atoms with Crippen LogP contribution in [0.25, 0.3) is 0 Å². The van der Waals surface area contributed by atoms with Gasteiger partial charge in [-0.2, -0.15) is 0 Å². The molecule has 1 fully saturated rings. The number of hydrogen-bond acceptors (Lipinski definition) is 7. The lowest BCUT2D eigenvalue weighted by Gasteiger charge is -2.29. The standard InChI is InChI=1S/C22H23BrN2O5S/c1-11-21(31-12(2)24-11)19(26)17-18(15-9-13(23)6-7-16(15)29-3)25(22(28)20(17)27)10-14-5-4-8-30-14/h6-7,9,14,18,27H,4-5,8,10H2,1-3H3. The van der Waals surface area contributed by atoms with Crippen LogP contribution in [-0.4, -0.2) is 53.0 Å². The highest BCUT2D eigenvalue weighted by Gasteiger charge is 2.46. The van der Waals surface area contributed by atoms with Crippen molar-refractivity contribution in [3.8, 4) is 5.75 Å². The summed E-state index contributed by atoms with van der Waals surface area (Å²) in [6.07, 6.45) is 1.60. The number of aliphatic hydroxyl groups excluding tert-OH is 1. The third kappa shape index (κ3) is 4.02. The summed E-state index contributed by atoms with van der Waals surface area (Å²) in [5.74, 6) is -0.975. The molecule has 1 saturated heterocycles. The molecule has 0 aliphatic carbocycles. The van der Waals surface area contributed by atoms with Crippen molar-refractivity contribution in [1.82, 2.24) is 9.88 Å². The number of rotatable bonds is 6. The number of nitrogens with zero attached hydrogens (tertiary/aromatic N) is 2. The third-order valence-electron chi connectivity index (χ3n) is 5.57. The number of carbonyl (C=O) groups is 2. The summed E-state index contributed by atoms with van der Waals surface area (Å²) < 4.78 is 12.1. The zero-order valence-electron chi connectivity index (χ0n) is 17.5. The van der Waals surface area contributed by atoms with Gasteiger partial charge in [-0.25, -0.2) is 4.98 Å². The predicted molar refractivity (Wildman–Crippen MR) is 120 cm³/mol. The van der Waals surface area contributed by atoms with E-state index in [9.17, 15) is 14.7 Å². The molecule has 31 heavy (non-hydrogen) atoms. The lowest BCUT2D eigenvalue weighted by molar-refractivity contribution is -0.131. The van der Waals surface area contributed by atoms with Crippen molar-refractivity contribution >= 4 is 39.0 Å². The maximum Gasteiger partial charge on any atom is 0.290 e. The zero-order chi connectivity index (χ0) is 22.3. The molecule has 0 radical (unpaired) electrons. The van der Waals surface area contributed by atoms with Crippen LogP contribution in [0, 0.1) is 13.8 Å². The van der Waals surface area contributed by atoms with E-state index < -0.39 is 23.5 Å². The Balaban J connectivity index is 1.84. The highest BCUT2D eigenvalue weighted by Crippen LogP contribution is 2.44. The first-order chi connectivity index (χ1) is 14.8. The molecule has 2 aliphatic heterocycles. The maximum atomic E-state index is 13.6. The number of benzene rings is 1. The number of Topliss-reactive ketones (excluding diaryl/α,β-unsaturated/α-hetero) is 1. The second-order valence-electron chi connectivity index (χ2n) is 7.62. The summed E-state index contributed by atoms with van der Waals surface area (Å²) >= 11 is 4.73. The number of carbonyl (C=O) groups excluding carboxylic acids is 2. The third-order valence-corrected chi connectivity index (χ3v) is 7.13. The summed E-state index contributed by atoms with van der Waals surface area (Å²) in [7, 11) is 1.54. The van der Waals surface area contributed by atoms with Crippen molar-refractivity contribution in [3.05, 3.63) is 55.1 Å². The summed E-state index contributed by atoms with van der Waals surface area (Å²) in [6, 6.07) is 4.62. The molecule has 1 aromatic carbocycles. The van der Waals surface area contributed by atoms with Gasteiger partial charge in [0.1, 0.15) is 5.75 Å². The predicted octanol–water partition coefficient (Wildman–Crippen LogP) is 4.29. The maximum absolute atomic E-state index is 13.6. The Bertz CT molecular complexity index is 1070. The molecule has 2 aromatic rings. The highest BCUT2D eigenvalue weighted by molar-refractivity contribution is 9.10. The summed E-state index contributed by atoms with van der Waals surface area (Å²) in [5, 5.41) is 11.6. The normalized spacial score (nSPS) is 21.3. The Morgan fingerprint density at radius 2 is 2.19 bits per heavy atom. The van der Waals surface area contributed by atoms with E-state index in [0.29, 0.717) is 28.5 Å². The van der Waals surface area contributed by atoms with E-state index in [-0.39, 0.29) is 18.2 Å². The summed E-state index contributed by atoms with van der Waals surface area (Å²) in [6.45, 7) is 4.49. The van der Waals surface area contributed by atoms with Crippen molar-refractivity contribution in [2.45, 2.75) is 38.8 Å². The number of methoxy groups -OCH3 is 1. The van der Waals surface area contributed by atoms with Gasteiger partial charge in [-0.3, -0.25) is 9.59 Å². The molecule has 2 aliphatic rings. The fraction of sp³-hybridized carbons (Fsp3) is 0.409. The minimum Gasteiger partial charge on any atom is -0.503 e. The molecular weight excluding hydrogens is 484 g/mol. The number of amides is 1. The lowest BCUT2D eigenvalue weighted by Crippen LogP contribution is -2.37.